The van der Waals surface area contributed by atoms with E-state index in [1.54, 1.807) is 14.2 Å². The molecule has 0 saturated carbocycles. The lowest BCUT2D eigenvalue weighted by molar-refractivity contribution is -0.120. The number of benzene rings is 3. The van der Waals surface area contributed by atoms with Crippen LogP contribution in [0.1, 0.15) is 29.7 Å². The second-order valence-electron chi connectivity index (χ2n) is 6.78. The molecule has 1 N–H and O–H groups in total. The summed E-state index contributed by atoms with van der Waals surface area (Å²) in [7, 11) is 3.17. The fraction of sp³-hybridized carbons (Fsp3) is 0.240. The molecule has 0 bridgehead atoms. The molecule has 0 radical (unpaired) electrons. The van der Waals surface area contributed by atoms with Crippen LogP contribution in [-0.2, 0) is 11.2 Å². The fourth-order valence-electron chi connectivity index (χ4n) is 3.32. The van der Waals surface area contributed by atoms with Crippen molar-refractivity contribution in [1.82, 2.24) is 5.32 Å². The molecule has 156 valence electrons. The fourth-order valence-corrected chi connectivity index (χ4v) is 3.32. The van der Waals surface area contributed by atoms with Gasteiger partial charge in [0.05, 0.1) is 33.3 Å². The Morgan fingerprint density at radius 2 is 1.53 bits per heavy atom. The van der Waals surface area contributed by atoms with Crippen molar-refractivity contribution in [1.29, 1.82) is 0 Å². The minimum Gasteiger partial charge on any atom is -0.494 e. The van der Waals surface area contributed by atoms with E-state index in [4.69, 9.17) is 14.2 Å². The molecule has 1 atom stereocenters. The van der Waals surface area contributed by atoms with Crippen LogP contribution >= 0.6 is 0 Å². The molecule has 0 aliphatic heterocycles. The number of amides is 1. The molecule has 3 rings (SSSR count). The summed E-state index contributed by atoms with van der Waals surface area (Å²) in [6.45, 7) is 2.57. The van der Waals surface area contributed by atoms with Crippen molar-refractivity contribution in [2.24, 2.45) is 0 Å². The summed E-state index contributed by atoms with van der Waals surface area (Å²) in [4.78, 5) is 12.9. The lowest BCUT2D eigenvalue weighted by atomic mass is 9.98. The van der Waals surface area contributed by atoms with Crippen molar-refractivity contribution in [2.75, 3.05) is 20.8 Å². The van der Waals surface area contributed by atoms with Crippen LogP contribution in [0.4, 0.5) is 0 Å². The quantitative estimate of drug-likeness (QED) is 0.567. The van der Waals surface area contributed by atoms with E-state index in [2.05, 4.69) is 5.32 Å². The maximum atomic E-state index is 12.9. The predicted octanol–water partition coefficient (Wildman–Crippen LogP) is 4.55. The second kappa shape index (κ2) is 10.3. The Labute approximate surface area is 177 Å². The minimum atomic E-state index is -0.255. The first-order chi connectivity index (χ1) is 14.6. The molecular formula is C25H27NO4. The molecule has 3 aromatic carbocycles. The molecule has 0 heterocycles. The number of carbonyl (C=O) groups is 1. The van der Waals surface area contributed by atoms with Crippen molar-refractivity contribution < 1.29 is 19.0 Å². The summed E-state index contributed by atoms with van der Waals surface area (Å²) in [6.07, 6.45) is 0.237. The van der Waals surface area contributed by atoms with E-state index in [1.165, 1.54) is 0 Å². The second-order valence-corrected chi connectivity index (χ2v) is 6.78. The molecule has 0 saturated heterocycles. The van der Waals surface area contributed by atoms with Gasteiger partial charge in [-0.05, 0) is 47.9 Å². The summed E-state index contributed by atoms with van der Waals surface area (Å²) in [5.41, 5.74) is 2.86. The van der Waals surface area contributed by atoms with E-state index in [1.807, 2.05) is 79.7 Å². The summed E-state index contributed by atoms with van der Waals surface area (Å²) in [5, 5.41) is 3.16. The molecule has 0 aliphatic rings. The van der Waals surface area contributed by atoms with Gasteiger partial charge in [-0.1, -0.05) is 48.5 Å². The van der Waals surface area contributed by atoms with E-state index < -0.39 is 0 Å². The Morgan fingerprint density at radius 1 is 0.867 bits per heavy atom. The van der Waals surface area contributed by atoms with Gasteiger partial charge in [-0.25, -0.2) is 0 Å². The smallest absolute Gasteiger partial charge is 0.225 e. The number of methoxy groups -OCH3 is 2. The van der Waals surface area contributed by atoms with Crippen molar-refractivity contribution in [2.45, 2.75) is 19.4 Å². The molecular weight excluding hydrogens is 378 g/mol. The monoisotopic (exact) mass is 405 g/mol. The Morgan fingerprint density at radius 3 is 2.17 bits per heavy atom. The van der Waals surface area contributed by atoms with Crippen LogP contribution < -0.4 is 19.5 Å². The molecule has 5 nitrogen and oxygen atoms in total. The van der Waals surface area contributed by atoms with E-state index in [-0.39, 0.29) is 18.4 Å². The molecule has 1 unspecified atom stereocenters. The molecule has 1 amide bonds. The topological polar surface area (TPSA) is 56.8 Å². The van der Waals surface area contributed by atoms with Crippen LogP contribution in [0.5, 0.6) is 17.2 Å². The lowest BCUT2D eigenvalue weighted by Gasteiger charge is -2.20. The number of rotatable bonds is 9. The van der Waals surface area contributed by atoms with Crippen LogP contribution in [0, 0.1) is 0 Å². The van der Waals surface area contributed by atoms with Crippen LogP contribution in [-0.4, -0.2) is 26.7 Å². The third kappa shape index (κ3) is 5.32. The maximum Gasteiger partial charge on any atom is 0.225 e. The molecule has 0 spiro atoms. The highest BCUT2D eigenvalue weighted by Gasteiger charge is 2.18. The van der Waals surface area contributed by atoms with Crippen LogP contribution in [0.15, 0.2) is 72.8 Å². The largest absolute Gasteiger partial charge is 0.494 e. The standard InChI is InChI=1S/C25H27NO4/c1-4-30-21-13-11-20(12-14-21)25(19-8-6-5-7-9-19)26-24(27)17-18-10-15-22(28-2)23(16-18)29-3/h5-16,25H,4,17H2,1-3H3,(H,26,27). The average Bonchev–Trinajstić information content (AvgIpc) is 2.79. The SMILES string of the molecule is CCOc1ccc(C(NC(=O)Cc2ccc(OC)c(OC)c2)c2ccccc2)cc1. The predicted molar refractivity (Wildman–Crippen MR) is 117 cm³/mol. The van der Waals surface area contributed by atoms with Crippen LogP contribution in [0.25, 0.3) is 0 Å². The Hall–Kier alpha value is -3.47. The first-order valence-electron chi connectivity index (χ1n) is 9.92. The third-order valence-corrected chi connectivity index (χ3v) is 4.78. The number of hydrogen-bond acceptors (Lipinski definition) is 4. The van der Waals surface area contributed by atoms with Crippen molar-refractivity contribution in [3.8, 4) is 17.2 Å². The van der Waals surface area contributed by atoms with E-state index >= 15 is 0 Å². The van der Waals surface area contributed by atoms with Crippen LogP contribution in [0.2, 0.25) is 0 Å². The van der Waals surface area contributed by atoms with Gasteiger partial charge >= 0.3 is 0 Å². The summed E-state index contributed by atoms with van der Waals surface area (Å²) in [6, 6.07) is 23.0. The number of hydrogen-bond donors (Lipinski definition) is 1. The third-order valence-electron chi connectivity index (χ3n) is 4.78. The Kier molecular flexibility index (Phi) is 7.33. The first kappa shape index (κ1) is 21.2. The number of nitrogens with one attached hydrogen (secondary N) is 1. The van der Waals surface area contributed by atoms with Gasteiger partial charge in [-0.15, -0.1) is 0 Å². The van der Waals surface area contributed by atoms with Crippen molar-refractivity contribution in [3.05, 3.63) is 89.5 Å². The lowest BCUT2D eigenvalue weighted by Crippen LogP contribution is -2.30. The van der Waals surface area contributed by atoms with Gasteiger partial charge in [0.15, 0.2) is 11.5 Å². The number of ether oxygens (including phenoxy) is 3. The minimum absolute atomic E-state index is 0.0787. The van der Waals surface area contributed by atoms with Gasteiger partial charge in [-0.2, -0.15) is 0 Å². The zero-order chi connectivity index (χ0) is 21.3. The molecule has 0 aromatic heterocycles. The Balaban J connectivity index is 1.80. The van der Waals surface area contributed by atoms with E-state index in [0.29, 0.717) is 18.1 Å². The van der Waals surface area contributed by atoms with E-state index in [9.17, 15) is 4.79 Å². The zero-order valence-corrected chi connectivity index (χ0v) is 17.6. The van der Waals surface area contributed by atoms with Crippen molar-refractivity contribution in [3.63, 3.8) is 0 Å². The molecule has 30 heavy (non-hydrogen) atoms. The first-order valence-corrected chi connectivity index (χ1v) is 9.92. The maximum absolute atomic E-state index is 12.9. The van der Waals surface area contributed by atoms with E-state index in [0.717, 1.165) is 22.4 Å². The molecule has 0 aliphatic carbocycles. The van der Waals surface area contributed by atoms with Crippen LogP contribution in [0.3, 0.4) is 0 Å². The highest BCUT2D eigenvalue weighted by molar-refractivity contribution is 5.79. The summed E-state index contributed by atoms with van der Waals surface area (Å²) in [5.74, 6) is 1.97. The van der Waals surface area contributed by atoms with Gasteiger partial charge in [0, 0.05) is 0 Å². The highest BCUT2D eigenvalue weighted by atomic mass is 16.5. The zero-order valence-electron chi connectivity index (χ0n) is 17.6. The van der Waals surface area contributed by atoms with Gasteiger partial charge < -0.3 is 19.5 Å². The Bertz CT molecular complexity index is 955. The normalized spacial score (nSPS) is 11.4. The molecule has 5 heteroatoms. The van der Waals surface area contributed by atoms with Gasteiger partial charge in [0.25, 0.3) is 0 Å². The van der Waals surface area contributed by atoms with Gasteiger partial charge in [0.2, 0.25) is 5.91 Å². The van der Waals surface area contributed by atoms with Gasteiger partial charge in [0.1, 0.15) is 5.75 Å². The summed E-state index contributed by atoms with van der Waals surface area (Å²) < 4.78 is 16.1. The molecule has 3 aromatic rings. The van der Waals surface area contributed by atoms with Gasteiger partial charge in [-0.3, -0.25) is 4.79 Å². The average molecular weight is 405 g/mol. The highest BCUT2D eigenvalue weighted by Crippen LogP contribution is 2.28. The number of carbonyl (C=O) groups excluding carboxylic acids is 1. The molecule has 0 fully saturated rings. The van der Waals surface area contributed by atoms with Crippen molar-refractivity contribution >= 4 is 5.91 Å². The summed E-state index contributed by atoms with van der Waals surface area (Å²) >= 11 is 0.